The van der Waals surface area contributed by atoms with E-state index in [1.807, 2.05) is 18.2 Å². The molecule has 0 N–H and O–H groups in total. The van der Waals surface area contributed by atoms with Crippen LogP contribution in [0.5, 0.6) is 0 Å². The number of aromatic nitrogens is 5. The number of rotatable bonds is 5. The van der Waals surface area contributed by atoms with Gasteiger partial charge in [0.25, 0.3) is 0 Å². The summed E-state index contributed by atoms with van der Waals surface area (Å²) in [5.74, 6) is 0.615. The summed E-state index contributed by atoms with van der Waals surface area (Å²) in [6.07, 6.45) is 0. The van der Waals surface area contributed by atoms with Gasteiger partial charge in [0.15, 0.2) is 0 Å². The van der Waals surface area contributed by atoms with Crippen molar-refractivity contribution in [1.29, 1.82) is 0 Å². The molecule has 252 valence electrons. The van der Waals surface area contributed by atoms with Gasteiger partial charge in [0.2, 0.25) is 5.95 Å². The van der Waals surface area contributed by atoms with Gasteiger partial charge in [-0.3, -0.25) is 4.57 Å². The lowest BCUT2D eigenvalue weighted by atomic mass is 10.0. The lowest BCUT2D eigenvalue weighted by molar-refractivity contribution is 0.995. The second-order valence-electron chi connectivity index (χ2n) is 13.7. The van der Waals surface area contributed by atoms with Crippen molar-refractivity contribution < 1.29 is 0 Å². The van der Waals surface area contributed by atoms with Crippen LogP contribution in [0.2, 0.25) is 0 Å². The Bertz CT molecular complexity index is 3210. The van der Waals surface area contributed by atoms with Crippen molar-refractivity contribution in [3.05, 3.63) is 188 Å². The minimum atomic E-state index is 0.615. The fourth-order valence-electron chi connectivity index (χ4n) is 8.06. The molecule has 0 unspecified atom stereocenters. The van der Waals surface area contributed by atoms with Crippen molar-refractivity contribution >= 4 is 54.5 Å². The van der Waals surface area contributed by atoms with E-state index in [9.17, 15) is 0 Å². The van der Waals surface area contributed by atoms with Crippen molar-refractivity contribution in [1.82, 2.24) is 24.1 Å². The van der Waals surface area contributed by atoms with Gasteiger partial charge in [-0.05, 0) is 48.5 Å². The summed E-state index contributed by atoms with van der Waals surface area (Å²) in [4.78, 5) is 15.8. The van der Waals surface area contributed by atoms with Crippen LogP contribution < -0.4 is 0 Å². The third-order valence-electron chi connectivity index (χ3n) is 10.5. The van der Waals surface area contributed by atoms with Crippen molar-refractivity contribution in [2.75, 3.05) is 0 Å². The number of para-hydroxylation sites is 4. The summed E-state index contributed by atoms with van der Waals surface area (Å²) in [6.45, 7) is 0. The van der Waals surface area contributed by atoms with Crippen LogP contribution in [0.3, 0.4) is 0 Å². The Kier molecular flexibility index (Phi) is 6.79. The molecule has 7 aromatic carbocycles. The highest BCUT2D eigenvalue weighted by Gasteiger charge is 2.23. The molecule has 5 heteroatoms. The van der Waals surface area contributed by atoms with Crippen LogP contribution in [0, 0.1) is 0 Å². The minimum absolute atomic E-state index is 0.615. The number of hydrogen-bond donors (Lipinski definition) is 0. The predicted molar refractivity (Wildman–Crippen MR) is 222 cm³/mol. The van der Waals surface area contributed by atoms with E-state index in [1.165, 1.54) is 10.8 Å². The fraction of sp³-hybridized carbons (Fsp3) is 0. The van der Waals surface area contributed by atoms with E-state index in [0.717, 1.165) is 83.2 Å². The molecule has 0 atom stereocenters. The van der Waals surface area contributed by atoms with Gasteiger partial charge in [-0.1, -0.05) is 140 Å². The summed E-state index contributed by atoms with van der Waals surface area (Å²) in [5.41, 5.74) is 12.1. The number of benzene rings is 7. The van der Waals surface area contributed by atoms with Crippen LogP contribution in [0.1, 0.15) is 0 Å². The third-order valence-corrected chi connectivity index (χ3v) is 10.5. The maximum absolute atomic E-state index is 5.44. The smallest absolute Gasteiger partial charge is 0.235 e. The molecule has 0 aliphatic carbocycles. The normalized spacial score (nSPS) is 11.7. The molecule has 0 spiro atoms. The zero-order chi connectivity index (χ0) is 35.6. The standard InChI is InChI=1S/C49H31N5/c1-3-14-32(15-4-1)43-31-44(35-18-13-17-34(30-35)42-29-26-33-16-7-10-23-41(33)50-42)52-49(51-43)54-46-25-12-9-22-38(46)40-28-27-39-37-21-8-11-24-45(37)53(47(39)48(40)54)36-19-5-2-6-20-36/h1-31H. The molecule has 11 aromatic rings. The molecule has 4 heterocycles. The molecule has 0 fully saturated rings. The van der Waals surface area contributed by atoms with Gasteiger partial charge in [-0.15, -0.1) is 0 Å². The van der Waals surface area contributed by atoms with Crippen LogP contribution in [0.25, 0.3) is 99.9 Å². The largest absolute Gasteiger partial charge is 0.307 e. The van der Waals surface area contributed by atoms with E-state index < -0.39 is 0 Å². The Labute approximate surface area is 311 Å². The van der Waals surface area contributed by atoms with Crippen LogP contribution >= 0.6 is 0 Å². The highest BCUT2D eigenvalue weighted by atomic mass is 15.2. The topological polar surface area (TPSA) is 48.5 Å². The lowest BCUT2D eigenvalue weighted by Gasteiger charge is -2.14. The van der Waals surface area contributed by atoms with Crippen molar-refractivity contribution in [2.24, 2.45) is 0 Å². The molecule has 0 bridgehead atoms. The Morgan fingerprint density at radius 3 is 1.63 bits per heavy atom. The van der Waals surface area contributed by atoms with Crippen LogP contribution in [-0.4, -0.2) is 24.1 Å². The Morgan fingerprint density at radius 2 is 0.889 bits per heavy atom. The minimum Gasteiger partial charge on any atom is -0.307 e. The molecule has 0 amide bonds. The van der Waals surface area contributed by atoms with Crippen LogP contribution in [0.15, 0.2) is 188 Å². The highest BCUT2D eigenvalue weighted by molar-refractivity contribution is 6.23. The van der Waals surface area contributed by atoms with E-state index in [4.69, 9.17) is 15.0 Å². The SMILES string of the molecule is c1ccc(-c2cc(-c3cccc(-c4ccc5ccccc5n4)c3)nc(-n3c4ccccc4c4ccc5c6ccccc6n(-c6ccccc6)c5c43)n2)cc1. The van der Waals surface area contributed by atoms with Gasteiger partial charge in [-0.2, -0.15) is 0 Å². The van der Waals surface area contributed by atoms with Crippen molar-refractivity contribution in [3.8, 4) is 45.4 Å². The zero-order valence-corrected chi connectivity index (χ0v) is 29.1. The molecule has 0 saturated carbocycles. The van der Waals surface area contributed by atoms with E-state index in [2.05, 4.69) is 179 Å². The summed E-state index contributed by atoms with van der Waals surface area (Å²) >= 11 is 0. The number of pyridine rings is 1. The monoisotopic (exact) mass is 689 g/mol. The van der Waals surface area contributed by atoms with Crippen molar-refractivity contribution in [2.45, 2.75) is 0 Å². The molecular formula is C49H31N5. The first kappa shape index (κ1) is 30.3. The summed E-state index contributed by atoms with van der Waals surface area (Å²) in [5, 5.41) is 5.81. The zero-order valence-electron chi connectivity index (χ0n) is 29.1. The second-order valence-corrected chi connectivity index (χ2v) is 13.7. The molecule has 11 rings (SSSR count). The van der Waals surface area contributed by atoms with Crippen LogP contribution in [0.4, 0.5) is 0 Å². The van der Waals surface area contributed by atoms with Gasteiger partial charge in [-0.25, -0.2) is 15.0 Å². The molecule has 0 aliphatic rings. The molecule has 0 radical (unpaired) electrons. The highest BCUT2D eigenvalue weighted by Crippen LogP contribution is 2.41. The average Bonchev–Trinajstić information content (AvgIpc) is 3.77. The van der Waals surface area contributed by atoms with E-state index in [0.29, 0.717) is 5.95 Å². The van der Waals surface area contributed by atoms with E-state index in [1.54, 1.807) is 0 Å². The summed E-state index contributed by atoms with van der Waals surface area (Å²) in [6, 6.07) is 65.9. The summed E-state index contributed by atoms with van der Waals surface area (Å²) < 4.78 is 4.67. The van der Waals surface area contributed by atoms with Gasteiger partial charge in [0.05, 0.1) is 44.7 Å². The fourth-order valence-corrected chi connectivity index (χ4v) is 8.06. The first-order valence-corrected chi connectivity index (χ1v) is 18.2. The lowest BCUT2D eigenvalue weighted by Crippen LogP contribution is -2.05. The van der Waals surface area contributed by atoms with E-state index >= 15 is 0 Å². The predicted octanol–water partition coefficient (Wildman–Crippen LogP) is 12.2. The maximum Gasteiger partial charge on any atom is 0.235 e. The number of nitrogens with zero attached hydrogens (tertiary/aromatic N) is 5. The molecular weight excluding hydrogens is 659 g/mol. The van der Waals surface area contributed by atoms with E-state index in [-0.39, 0.29) is 0 Å². The first-order valence-electron chi connectivity index (χ1n) is 18.2. The van der Waals surface area contributed by atoms with Gasteiger partial charge in [0, 0.05) is 49.3 Å². The Hall–Kier alpha value is -7.37. The molecule has 5 nitrogen and oxygen atoms in total. The molecule has 0 aliphatic heterocycles. The number of hydrogen-bond acceptors (Lipinski definition) is 3. The quantitative estimate of drug-likeness (QED) is 0.181. The maximum atomic E-state index is 5.44. The third kappa shape index (κ3) is 4.76. The molecule has 4 aromatic heterocycles. The summed E-state index contributed by atoms with van der Waals surface area (Å²) in [7, 11) is 0. The van der Waals surface area contributed by atoms with Gasteiger partial charge in [0.1, 0.15) is 0 Å². The average molecular weight is 690 g/mol. The Morgan fingerprint density at radius 1 is 0.333 bits per heavy atom. The second kappa shape index (κ2) is 12.1. The number of fused-ring (bicyclic) bond motifs is 8. The molecule has 54 heavy (non-hydrogen) atoms. The van der Waals surface area contributed by atoms with Crippen LogP contribution in [-0.2, 0) is 0 Å². The van der Waals surface area contributed by atoms with Crippen molar-refractivity contribution in [3.63, 3.8) is 0 Å². The Balaban J connectivity index is 1.22. The first-order chi connectivity index (χ1) is 26.8. The van der Waals surface area contributed by atoms with Gasteiger partial charge < -0.3 is 4.57 Å². The van der Waals surface area contributed by atoms with Gasteiger partial charge >= 0.3 is 0 Å². The molecule has 0 saturated heterocycles.